The van der Waals surface area contributed by atoms with E-state index in [2.05, 4.69) is 0 Å². The number of carbonyl (C=O) groups excluding carboxylic acids is 2. The zero-order chi connectivity index (χ0) is 27.3. The lowest BCUT2D eigenvalue weighted by Gasteiger charge is -2.19. The number of nitro groups is 1. The second kappa shape index (κ2) is 11.5. The SMILES string of the molecule is CCOc1cc2cc(C(=O)OC)c(C(=O)OC)c(-c3cc(OC)c(OC)c([N+](=O)[O-])c3)c2cc1OCC. The van der Waals surface area contributed by atoms with Crippen molar-refractivity contribution in [1.82, 2.24) is 0 Å². The number of carbonyl (C=O) groups is 2. The number of benzene rings is 3. The Balaban J connectivity index is 2.61. The van der Waals surface area contributed by atoms with Crippen LogP contribution in [0.5, 0.6) is 23.0 Å². The van der Waals surface area contributed by atoms with Crippen LogP contribution < -0.4 is 18.9 Å². The highest BCUT2D eigenvalue weighted by molar-refractivity contribution is 6.16. The van der Waals surface area contributed by atoms with E-state index in [1.807, 2.05) is 6.92 Å². The van der Waals surface area contributed by atoms with Crippen molar-refractivity contribution in [2.75, 3.05) is 41.7 Å². The first-order valence-corrected chi connectivity index (χ1v) is 11.2. The molecule has 3 aromatic rings. The van der Waals surface area contributed by atoms with Crippen molar-refractivity contribution < 1.29 is 42.9 Å². The van der Waals surface area contributed by atoms with Crippen LogP contribution in [0.15, 0.2) is 30.3 Å². The van der Waals surface area contributed by atoms with Gasteiger partial charge < -0.3 is 28.4 Å². The normalized spacial score (nSPS) is 10.5. The molecule has 196 valence electrons. The van der Waals surface area contributed by atoms with Gasteiger partial charge in [-0.15, -0.1) is 0 Å². The summed E-state index contributed by atoms with van der Waals surface area (Å²) in [5.41, 5.74) is -0.263. The van der Waals surface area contributed by atoms with Crippen LogP contribution in [0.2, 0.25) is 0 Å². The average molecular weight is 513 g/mol. The average Bonchev–Trinajstić information content (AvgIpc) is 2.90. The summed E-state index contributed by atoms with van der Waals surface area (Å²) in [6, 6.07) is 7.50. The molecule has 3 aromatic carbocycles. The Bertz CT molecular complexity index is 1370. The minimum absolute atomic E-state index is 0.0510. The summed E-state index contributed by atoms with van der Waals surface area (Å²) in [4.78, 5) is 37.2. The van der Waals surface area contributed by atoms with Gasteiger partial charge in [0.25, 0.3) is 0 Å². The number of hydrogen-bond acceptors (Lipinski definition) is 10. The third-order valence-corrected chi connectivity index (χ3v) is 5.54. The molecule has 0 bridgehead atoms. The Morgan fingerprint density at radius 2 is 1.43 bits per heavy atom. The Hall–Kier alpha value is -4.54. The van der Waals surface area contributed by atoms with Gasteiger partial charge in [-0.1, -0.05) is 0 Å². The predicted octanol–water partition coefficient (Wildman–Crippen LogP) is 4.80. The fraction of sp³-hybridized carbons (Fsp3) is 0.308. The molecule has 0 saturated carbocycles. The second-order valence-corrected chi connectivity index (χ2v) is 7.53. The smallest absolute Gasteiger partial charge is 0.339 e. The highest BCUT2D eigenvalue weighted by Gasteiger charge is 2.30. The van der Waals surface area contributed by atoms with Gasteiger partial charge in [0.05, 0.1) is 57.7 Å². The number of fused-ring (bicyclic) bond motifs is 1. The molecule has 0 amide bonds. The Labute approximate surface area is 212 Å². The first-order chi connectivity index (χ1) is 17.8. The molecule has 0 aromatic heterocycles. The van der Waals surface area contributed by atoms with Crippen molar-refractivity contribution >= 4 is 28.4 Å². The van der Waals surface area contributed by atoms with Crippen LogP contribution in [0.1, 0.15) is 34.6 Å². The maximum Gasteiger partial charge on any atom is 0.339 e. The second-order valence-electron chi connectivity index (χ2n) is 7.53. The van der Waals surface area contributed by atoms with Gasteiger partial charge in [-0.05, 0) is 54.4 Å². The van der Waals surface area contributed by atoms with E-state index >= 15 is 0 Å². The van der Waals surface area contributed by atoms with Gasteiger partial charge in [-0.2, -0.15) is 0 Å². The molecule has 3 rings (SSSR count). The number of rotatable bonds is 10. The topological polar surface area (TPSA) is 133 Å². The molecular weight excluding hydrogens is 486 g/mol. The van der Waals surface area contributed by atoms with Crippen molar-refractivity contribution in [3.05, 3.63) is 51.6 Å². The van der Waals surface area contributed by atoms with Crippen LogP contribution in [-0.2, 0) is 9.47 Å². The molecule has 0 aliphatic heterocycles. The molecule has 0 aliphatic carbocycles. The van der Waals surface area contributed by atoms with Crippen LogP contribution in [0, 0.1) is 10.1 Å². The molecule has 0 aliphatic rings. The van der Waals surface area contributed by atoms with E-state index in [0.29, 0.717) is 35.5 Å². The van der Waals surface area contributed by atoms with Crippen molar-refractivity contribution in [2.24, 2.45) is 0 Å². The summed E-state index contributed by atoms with van der Waals surface area (Å²) in [6.07, 6.45) is 0. The number of hydrogen-bond donors (Lipinski definition) is 0. The van der Waals surface area contributed by atoms with Gasteiger partial charge in [-0.3, -0.25) is 10.1 Å². The van der Waals surface area contributed by atoms with Crippen LogP contribution in [-0.4, -0.2) is 58.5 Å². The van der Waals surface area contributed by atoms with Gasteiger partial charge in [0.15, 0.2) is 17.2 Å². The standard InChI is InChI=1S/C26H27NO10/c1-7-36-19-11-14-9-17(25(28)34-5)23(26(29)35-6)22(16(14)13-20(19)37-8-2)15-10-18(27(30)31)24(33-4)21(12-15)32-3/h9-13H,7-8H2,1-6H3. The van der Waals surface area contributed by atoms with Gasteiger partial charge in [0.2, 0.25) is 5.75 Å². The van der Waals surface area contributed by atoms with Gasteiger partial charge in [0.1, 0.15) is 0 Å². The van der Waals surface area contributed by atoms with Crippen LogP contribution in [0.3, 0.4) is 0 Å². The highest BCUT2D eigenvalue weighted by atomic mass is 16.6. The van der Waals surface area contributed by atoms with Crippen molar-refractivity contribution in [3.63, 3.8) is 0 Å². The monoisotopic (exact) mass is 513 g/mol. The number of methoxy groups -OCH3 is 4. The zero-order valence-corrected chi connectivity index (χ0v) is 21.3. The Kier molecular flexibility index (Phi) is 8.38. The lowest BCUT2D eigenvalue weighted by molar-refractivity contribution is -0.385. The fourth-order valence-corrected chi connectivity index (χ4v) is 4.05. The predicted molar refractivity (Wildman–Crippen MR) is 134 cm³/mol. The molecule has 0 radical (unpaired) electrons. The van der Waals surface area contributed by atoms with E-state index in [4.69, 9.17) is 28.4 Å². The molecule has 0 atom stereocenters. The summed E-state index contributed by atoms with van der Waals surface area (Å²) in [5.74, 6) is -0.891. The van der Waals surface area contributed by atoms with E-state index in [-0.39, 0.29) is 33.8 Å². The van der Waals surface area contributed by atoms with Crippen LogP contribution in [0.25, 0.3) is 21.9 Å². The van der Waals surface area contributed by atoms with Gasteiger partial charge in [0, 0.05) is 11.6 Å². The molecule has 0 N–H and O–H groups in total. The minimum Gasteiger partial charge on any atom is -0.493 e. The number of ether oxygens (including phenoxy) is 6. The third-order valence-electron chi connectivity index (χ3n) is 5.54. The molecule has 11 nitrogen and oxygen atoms in total. The summed E-state index contributed by atoms with van der Waals surface area (Å²) in [7, 11) is 4.95. The van der Waals surface area contributed by atoms with E-state index in [1.54, 1.807) is 19.1 Å². The summed E-state index contributed by atoms with van der Waals surface area (Å²) >= 11 is 0. The lowest BCUT2D eigenvalue weighted by atomic mass is 9.88. The molecule has 11 heteroatoms. The largest absolute Gasteiger partial charge is 0.493 e. The molecule has 0 heterocycles. The van der Waals surface area contributed by atoms with Crippen molar-refractivity contribution in [2.45, 2.75) is 13.8 Å². The lowest BCUT2D eigenvalue weighted by Crippen LogP contribution is -2.14. The van der Waals surface area contributed by atoms with Gasteiger partial charge >= 0.3 is 17.6 Å². The van der Waals surface area contributed by atoms with Crippen LogP contribution >= 0.6 is 0 Å². The molecule has 0 unspecified atom stereocenters. The van der Waals surface area contributed by atoms with Gasteiger partial charge in [-0.25, -0.2) is 9.59 Å². The number of nitrogens with zero attached hydrogens (tertiary/aromatic N) is 1. The maximum absolute atomic E-state index is 13.1. The van der Waals surface area contributed by atoms with E-state index < -0.39 is 22.5 Å². The number of esters is 2. The van der Waals surface area contributed by atoms with Crippen LogP contribution in [0.4, 0.5) is 5.69 Å². The van der Waals surface area contributed by atoms with Crippen molar-refractivity contribution in [3.8, 4) is 34.1 Å². The zero-order valence-electron chi connectivity index (χ0n) is 21.3. The van der Waals surface area contributed by atoms with E-state index in [1.165, 1.54) is 39.5 Å². The Morgan fingerprint density at radius 1 is 0.811 bits per heavy atom. The molecule has 37 heavy (non-hydrogen) atoms. The molecular formula is C26H27NO10. The van der Waals surface area contributed by atoms with E-state index in [0.717, 1.165) is 7.11 Å². The first-order valence-electron chi connectivity index (χ1n) is 11.2. The molecule has 0 fully saturated rings. The van der Waals surface area contributed by atoms with Crippen molar-refractivity contribution in [1.29, 1.82) is 0 Å². The quantitative estimate of drug-likeness (QED) is 0.211. The Morgan fingerprint density at radius 3 is 1.95 bits per heavy atom. The summed E-state index contributed by atoms with van der Waals surface area (Å²) in [6.45, 7) is 4.30. The maximum atomic E-state index is 13.1. The molecule has 0 saturated heterocycles. The summed E-state index contributed by atoms with van der Waals surface area (Å²) < 4.78 is 32.0. The highest BCUT2D eigenvalue weighted by Crippen LogP contribution is 2.46. The fourth-order valence-electron chi connectivity index (χ4n) is 4.05. The van der Waals surface area contributed by atoms with E-state index in [9.17, 15) is 19.7 Å². The number of nitro benzene ring substituents is 1. The minimum atomic E-state index is -0.846. The summed E-state index contributed by atoms with van der Waals surface area (Å²) in [5, 5.41) is 12.9. The first kappa shape index (κ1) is 27.1. The molecule has 0 spiro atoms. The third kappa shape index (κ3) is 5.06.